The minimum atomic E-state index is -3.56. The molecule has 42 heavy (non-hydrogen) atoms. The smallest absolute Gasteiger partial charge is 0.211 e. The number of fused-ring (bicyclic) bond motifs is 8. The van der Waals surface area contributed by atoms with E-state index in [2.05, 4.69) is 32.1 Å². The molecule has 0 aromatic heterocycles. The zero-order valence-corrected chi connectivity index (χ0v) is 27.1. The third-order valence-electron chi connectivity index (χ3n) is 10.6. The van der Waals surface area contributed by atoms with Crippen LogP contribution in [0.1, 0.15) is 118 Å². The molecule has 2 N–H and O–H groups in total. The van der Waals surface area contributed by atoms with Gasteiger partial charge in [-0.05, 0) is 94.2 Å². The number of carbonyl (C=O) groups excluding carboxylic acids is 1. The number of methoxy groups -OCH3 is 1. The van der Waals surface area contributed by atoms with Crippen LogP contribution < -0.4 is 0 Å². The van der Waals surface area contributed by atoms with Gasteiger partial charge in [-0.1, -0.05) is 50.0 Å². The van der Waals surface area contributed by atoms with E-state index in [1.165, 1.54) is 22.6 Å². The number of hydrogen-bond acceptors (Lipinski definition) is 6. The van der Waals surface area contributed by atoms with Crippen LogP contribution in [0.5, 0.6) is 0 Å². The Balaban J connectivity index is 1.79. The summed E-state index contributed by atoms with van der Waals surface area (Å²) in [6.07, 6.45) is 13.1. The van der Waals surface area contributed by atoms with Crippen LogP contribution >= 0.6 is 0 Å². The SMILES string of the molecule is COCCCN(C[C@]1(O)CC[C@H]2c3ccc(cc3C(=O)C3CCCCC3)C[C@@H](O)CCC(C)=CCC[C@@]21C)S(C)(=O)=O. The lowest BCUT2D eigenvalue weighted by Crippen LogP contribution is -2.53. The maximum absolute atomic E-state index is 14.1. The highest BCUT2D eigenvalue weighted by Crippen LogP contribution is 2.59. The minimum Gasteiger partial charge on any atom is -0.393 e. The third kappa shape index (κ3) is 7.55. The number of nitrogens with zero attached hydrogens (tertiary/aromatic N) is 1. The first kappa shape index (κ1) is 33.3. The van der Waals surface area contributed by atoms with E-state index in [9.17, 15) is 23.4 Å². The monoisotopic (exact) mass is 603 g/mol. The predicted molar refractivity (Wildman–Crippen MR) is 167 cm³/mol. The maximum Gasteiger partial charge on any atom is 0.211 e. The predicted octanol–water partition coefficient (Wildman–Crippen LogP) is 5.79. The number of Topliss-reactive ketones (excluding diaryl/α,β-unsaturated/α-hetero) is 1. The Morgan fingerprint density at radius 1 is 1.12 bits per heavy atom. The van der Waals surface area contributed by atoms with Gasteiger partial charge in [-0.25, -0.2) is 8.42 Å². The molecule has 4 aliphatic rings. The molecule has 2 bridgehead atoms. The number of rotatable bonds is 9. The van der Waals surface area contributed by atoms with Crippen LogP contribution in [0.15, 0.2) is 29.8 Å². The van der Waals surface area contributed by atoms with Gasteiger partial charge in [0.25, 0.3) is 0 Å². The molecule has 1 aromatic carbocycles. The molecule has 0 spiro atoms. The van der Waals surface area contributed by atoms with Gasteiger partial charge in [-0.15, -0.1) is 0 Å². The summed E-state index contributed by atoms with van der Waals surface area (Å²) in [6, 6.07) is 6.15. The van der Waals surface area contributed by atoms with E-state index in [4.69, 9.17) is 4.74 Å². The highest BCUT2D eigenvalue weighted by Gasteiger charge is 2.57. The van der Waals surface area contributed by atoms with Gasteiger partial charge in [0.1, 0.15) is 0 Å². The molecule has 0 unspecified atom stereocenters. The van der Waals surface area contributed by atoms with E-state index in [-0.39, 0.29) is 30.7 Å². The molecule has 1 aromatic rings. The van der Waals surface area contributed by atoms with E-state index < -0.39 is 27.1 Å². The van der Waals surface area contributed by atoms with Crippen molar-refractivity contribution in [1.82, 2.24) is 4.31 Å². The van der Waals surface area contributed by atoms with Gasteiger partial charge >= 0.3 is 0 Å². The third-order valence-corrected chi connectivity index (χ3v) is 11.8. The molecule has 2 saturated carbocycles. The molecular formula is C34H53NO6S. The number of ether oxygens (including phenoxy) is 1. The molecule has 0 aliphatic heterocycles. The minimum absolute atomic E-state index is 0.00944. The molecule has 0 saturated heterocycles. The number of hydrogen-bond donors (Lipinski definition) is 2. The molecule has 0 amide bonds. The number of aliphatic hydroxyl groups excluding tert-OH is 1. The Hall–Kier alpha value is -1.58. The van der Waals surface area contributed by atoms with Crippen molar-refractivity contribution < 1.29 is 28.2 Å². The summed E-state index contributed by atoms with van der Waals surface area (Å²) in [5.74, 6) is 0.107. The molecule has 7 nitrogen and oxygen atoms in total. The average Bonchev–Trinajstić information content (AvgIpc) is 3.20. The molecule has 8 heteroatoms. The highest BCUT2D eigenvalue weighted by atomic mass is 32.2. The Morgan fingerprint density at radius 3 is 2.55 bits per heavy atom. The molecular weight excluding hydrogens is 550 g/mol. The molecule has 0 radical (unpaired) electrons. The number of aliphatic hydroxyl groups is 2. The van der Waals surface area contributed by atoms with Crippen molar-refractivity contribution in [2.75, 3.05) is 33.1 Å². The Bertz CT molecular complexity index is 1220. The van der Waals surface area contributed by atoms with Gasteiger partial charge in [-0.3, -0.25) is 4.79 Å². The normalized spacial score (nSPS) is 29.7. The second-order valence-electron chi connectivity index (χ2n) is 13.6. The number of sulfonamides is 1. The molecule has 2 fully saturated rings. The van der Waals surface area contributed by atoms with Crippen molar-refractivity contribution in [3.63, 3.8) is 0 Å². The largest absolute Gasteiger partial charge is 0.393 e. The number of ketones is 1. The lowest BCUT2D eigenvalue weighted by Gasteiger charge is -2.46. The lowest BCUT2D eigenvalue weighted by atomic mass is 9.64. The zero-order valence-electron chi connectivity index (χ0n) is 26.2. The first-order chi connectivity index (χ1) is 19.9. The summed E-state index contributed by atoms with van der Waals surface area (Å²) in [6.45, 7) is 4.97. The summed E-state index contributed by atoms with van der Waals surface area (Å²) in [4.78, 5) is 14.1. The second-order valence-corrected chi connectivity index (χ2v) is 15.6. The van der Waals surface area contributed by atoms with Crippen LogP contribution in [0, 0.1) is 11.3 Å². The fourth-order valence-electron chi connectivity index (χ4n) is 7.84. The van der Waals surface area contributed by atoms with Crippen molar-refractivity contribution in [1.29, 1.82) is 0 Å². The zero-order chi connectivity index (χ0) is 30.5. The van der Waals surface area contributed by atoms with Gasteiger partial charge in [-0.2, -0.15) is 4.31 Å². The van der Waals surface area contributed by atoms with Crippen LogP contribution in [0.3, 0.4) is 0 Å². The Kier molecular flexibility index (Phi) is 11.1. The van der Waals surface area contributed by atoms with Crippen LogP contribution in [-0.2, 0) is 21.2 Å². The molecule has 4 atom stereocenters. The standard InChI is InChI=1S/C34H53NO6S/c1-25-10-8-18-33(2)31(17-19-34(33,38)24-35(42(4,39)40)20-9-21-41-3)29-16-14-26(22-28(36)15-13-25)23-30(29)32(37)27-11-6-5-7-12-27/h10,14,16,23,27-28,31,36,38H,5-9,11-13,15,17-22,24H2,1-4H3/t28-,31-,33-,34+/m0/s1. The van der Waals surface area contributed by atoms with Crippen molar-refractivity contribution in [2.45, 2.75) is 115 Å². The van der Waals surface area contributed by atoms with E-state index >= 15 is 0 Å². The maximum atomic E-state index is 14.1. The summed E-state index contributed by atoms with van der Waals surface area (Å²) in [5, 5.41) is 23.3. The summed E-state index contributed by atoms with van der Waals surface area (Å²) in [5.41, 5.74) is 2.00. The Labute approximate surface area is 253 Å². The van der Waals surface area contributed by atoms with E-state index in [1.54, 1.807) is 7.11 Å². The number of benzene rings is 1. The molecule has 0 heterocycles. The van der Waals surface area contributed by atoms with Gasteiger partial charge in [0.05, 0.1) is 18.0 Å². The first-order valence-electron chi connectivity index (χ1n) is 16.0. The summed E-state index contributed by atoms with van der Waals surface area (Å²) < 4.78 is 32.4. The van der Waals surface area contributed by atoms with E-state index in [0.29, 0.717) is 45.1 Å². The van der Waals surface area contributed by atoms with Crippen LogP contribution in [0.4, 0.5) is 0 Å². The fraction of sp³-hybridized carbons (Fsp3) is 0.735. The summed E-state index contributed by atoms with van der Waals surface area (Å²) >= 11 is 0. The van der Waals surface area contributed by atoms with Gasteiger partial charge < -0.3 is 14.9 Å². The topological polar surface area (TPSA) is 104 Å². The van der Waals surface area contributed by atoms with Crippen LogP contribution in [-0.4, -0.2) is 73.5 Å². The lowest BCUT2D eigenvalue weighted by molar-refractivity contribution is -0.0726. The highest BCUT2D eigenvalue weighted by molar-refractivity contribution is 7.88. The van der Waals surface area contributed by atoms with E-state index in [0.717, 1.165) is 55.2 Å². The molecule has 236 valence electrons. The first-order valence-corrected chi connectivity index (χ1v) is 17.9. The number of carbonyl (C=O) groups is 1. The van der Waals surface area contributed by atoms with Crippen molar-refractivity contribution >= 4 is 15.8 Å². The van der Waals surface area contributed by atoms with Gasteiger partial charge in [0, 0.05) is 43.7 Å². The summed E-state index contributed by atoms with van der Waals surface area (Å²) in [7, 11) is -1.96. The van der Waals surface area contributed by atoms with Crippen molar-refractivity contribution in [3.8, 4) is 0 Å². The molecule has 4 aliphatic carbocycles. The van der Waals surface area contributed by atoms with Crippen LogP contribution in [0.2, 0.25) is 0 Å². The Morgan fingerprint density at radius 2 is 1.86 bits per heavy atom. The van der Waals surface area contributed by atoms with Crippen LogP contribution in [0.25, 0.3) is 0 Å². The van der Waals surface area contributed by atoms with Crippen molar-refractivity contribution in [2.24, 2.45) is 11.3 Å². The van der Waals surface area contributed by atoms with E-state index in [1.807, 2.05) is 6.07 Å². The van der Waals surface area contributed by atoms with Gasteiger partial charge in [0.2, 0.25) is 10.0 Å². The molecule has 5 rings (SSSR count). The van der Waals surface area contributed by atoms with Crippen molar-refractivity contribution in [3.05, 3.63) is 46.5 Å². The average molecular weight is 604 g/mol. The second kappa shape index (κ2) is 14.0. The fourth-order valence-corrected chi connectivity index (χ4v) is 8.75. The quantitative estimate of drug-likeness (QED) is 0.211. The number of allylic oxidation sites excluding steroid dienone is 2. The van der Waals surface area contributed by atoms with Gasteiger partial charge in [0.15, 0.2) is 5.78 Å².